The van der Waals surface area contributed by atoms with E-state index in [0.29, 0.717) is 40.3 Å². The molecule has 0 unspecified atom stereocenters. The molecule has 2 aliphatic heterocycles. The van der Waals surface area contributed by atoms with Gasteiger partial charge in [0.2, 0.25) is 0 Å². The van der Waals surface area contributed by atoms with Crippen LogP contribution in [0.5, 0.6) is 11.5 Å². The van der Waals surface area contributed by atoms with E-state index in [-0.39, 0.29) is 18.3 Å². The van der Waals surface area contributed by atoms with Gasteiger partial charge in [-0.1, -0.05) is 23.2 Å². The highest BCUT2D eigenvalue weighted by Crippen LogP contribution is 2.47. The van der Waals surface area contributed by atoms with Crippen LogP contribution < -0.4 is 15.1 Å². The van der Waals surface area contributed by atoms with Crippen LogP contribution in [0.2, 0.25) is 10.0 Å². The molecule has 0 radical (unpaired) electrons. The highest BCUT2D eigenvalue weighted by molar-refractivity contribution is 6.35. The van der Waals surface area contributed by atoms with Crippen LogP contribution in [0.15, 0.2) is 57.4 Å². The second kappa shape index (κ2) is 8.79. The van der Waals surface area contributed by atoms with Crippen molar-refractivity contribution in [1.29, 1.82) is 0 Å². The maximum atomic E-state index is 11.7. The summed E-state index contributed by atoms with van der Waals surface area (Å²) in [4.78, 5) is 14.0. The van der Waals surface area contributed by atoms with E-state index in [0.717, 1.165) is 35.4 Å². The first-order chi connectivity index (χ1) is 15.5. The molecule has 0 amide bonds. The van der Waals surface area contributed by atoms with Crippen LogP contribution in [0.3, 0.4) is 0 Å². The molecule has 1 fully saturated rings. The molecule has 166 valence electrons. The zero-order valence-corrected chi connectivity index (χ0v) is 18.9. The van der Waals surface area contributed by atoms with E-state index in [1.54, 1.807) is 12.1 Å². The molecule has 0 N–H and O–H groups in total. The van der Waals surface area contributed by atoms with Crippen molar-refractivity contribution >= 4 is 34.2 Å². The van der Waals surface area contributed by atoms with Crippen molar-refractivity contribution in [1.82, 2.24) is 4.90 Å². The molecule has 2 aromatic carbocycles. The van der Waals surface area contributed by atoms with Gasteiger partial charge in [-0.2, -0.15) is 0 Å². The first-order valence-electron chi connectivity index (χ1n) is 10.4. The summed E-state index contributed by atoms with van der Waals surface area (Å²) < 4.78 is 22.9. The molecule has 0 aliphatic carbocycles. The summed E-state index contributed by atoms with van der Waals surface area (Å²) in [6, 6.07) is 10.4. The van der Waals surface area contributed by atoms with Gasteiger partial charge >= 0.3 is 5.63 Å². The molecule has 8 heteroatoms. The summed E-state index contributed by atoms with van der Waals surface area (Å²) in [5, 5.41) is 1.93. The summed E-state index contributed by atoms with van der Waals surface area (Å²) in [6.07, 6.45) is 1.90. The number of ether oxygens (including phenoxy) is 3. The lowest BCUT2D eigenvalue weighted by Gasteiger charge is -2.32. The second-order valence-corrected chi connectivity index (χ2v) is 8.63. The van der Waals surface area contributed by atoms with Crippen molar-refractivity contribution in [2.75, 3.05) is 32.9 Å². The summed E-state index contributed by atoms with van der Waals surface area (Å²) in [7, 11) is 0. The summed E-state index contributed by atoms with van der Waals surface area (Å²) in [5.41, 5.74) is 1.93. The van der Waals surface area contributed by atoms with Gasteiger partial charge in [0, 0.05) is 41.2 Å². The maximum absolute atomic E-state index is 11.7. The van der Waals surface area contributed by atoms with Gasteiger partial charge in [0.25, 0.3) is 0 Å². The van der Waals surface area contributed by atoms with Crippen molar-refractivity contribution in [2.45, 2.75) is 13.0 Å². The molecular formula is C24H21Cl2NO5. The highest BCUT2D eigenvalue weighted by Gasteiger charge is 2.36. The molecule has 6 nitrogen and oxygen atoms in total. The van der Waals surface area contributed by atoms with Crippen LogP contribution in [0.1, 0.15) is 17.2 Å². The Morgan fingerprint density at radius 3 is 2.78 bits per heavy atom. The third kappa shape index (κ3) is 4.11. The molecule has 3 heterocycles. The molecule has 1 saturated heterocycles. The van der Waals surface area contributed by atoms with Gasteiger partial charge in [-0.25, -0.2) is 4.79 Å². The van der Waals surface area contributed by atoms with Gasteiger partial charge in [-0.15, -0.1) is 0 Å². The number of benzene rings is 2. The average molecular weight is 474 g/mol. The Labute approximate surface area is 194 Å². The number of nitrogens with zero attached hydrogens (tertiary/aromatic N) is 1. The standard InChI is InChI=1S/C24H21Cl2NO5/c1-14-10-22(28)31-21-13-16(2-3-17(14)21)30-7-4-20-23(27-5-8-29-9-6-27)18-11-15(25)12-19(26)24(18)32-20/h2-4,10-13,23H,5-9H2,1H3/b20-4-/t23-/m1/s1. The molecule has 0 spiro atoms. The van der Waals surface area contributed by atoms with Crippen LogP contribution in [-0.2, 0) is 4.74 Å². The third-order valence-electron chi connectivity index (χ3n) is 5.69. The number of aryl methyl sites for hydroxylation is 1. The van der Waals surface area contributed by atoms with E-state index < -0.39 is 0 Å². The Morgan fingerprint density at radius 2 is 1.97 bits per heavy atom. The molecule has 5 rings (SSSR count). The summed E-state index contributed by atoms with van der Waals surface area (Å²) in [6.45, 7) is 5.02. The topological polar surface area (TPSA) is 61.1 Å². The normalized spacial score (nSPS) is 19.8. The Bertz CT molecular complexity index is 1260. The van der Waals surface area contributed by atoms with Gasteiger partial charge in [0.15, 0.2) is 5.75 Å². The number of halogens is 2. The predicted octanol–water partition coefficient (Wildman–Crippen LogP) is 5.14. The average Bonchev–Trinajstić information content (AvgIpc) is 3.12. The molecule has 2 aliphatic rings. The summed E-state index contributed by atoms with van der Waals surface area (Å²) >= 11 is 12.7. The predicted molar refractivity (Wildman–Crippen MR) is 123 cm³/mol. The Kier molecular flexibility index (Phi) is 5.86. The zero-order valence-electron chi connectivity index (χ0n) is 17.4. The van der Waals surface area contributed by atoms with E-state index in [1.807, 2.05) is 31.2 Å². The molecule has 0 bridgehead atoms. The molecule has 0 saturated carbocycles. The van der Waals surface area contributed by atoms with Crippen LogP contribution in [0, 0.1) is 6.92 Å². The SMILES string of the molecule is Cc1cc(=O)oc2cc(OC/C=C3\Oc4c(Cl)cc(Cl)cc4[C@H]3N3CCOCC3)ccc12. The van der Waals surface area contributed by atoms with Crippen molar-refractivity contribution < 1.29 is 18.6 Å². The van der Waals surface area contributed by atoms with E-state index in [4.69, 9.17) is 41.8 Å². The monoisotopic (exact) mass is 473 g/mol. The van der Waals surface area contributed by atoms with Crippen molar-refractivity contribution in [3.8, 4) is 11.5 Å². The molecule has 1 atom stereocenters. The fourth-order valence-electron chi connectivity index (χ4n) is 4.20. The van der Waals surface area contributed by atoms with Crippen LogP contribution >= 0.6 is 23.2 Å². The van der Waals surface area contributed by atoms with Gasteiger partial charge < -0.3 is 18.6 Å². The quantitative estimate of drug-likeness (QED) is 0.489. The van der Waals surface area contributed by atoms with Gasteiger partial charge in [0.05, 0.1) is 24.3 Å². The first-order valence-corrected chi connectivity index (χ1v) is 11.1. The molecule has 1 aromatic heterocycles. The van der Waals surface area contributed by atoms with Crippen molar-refractivity contribution in [2.24, 2.45) is 0 Å². The van der Waals surface area contributed by atoms with E-state index >= 15 is 0 Å². The number of hydrogen-bond acceptors (Lipinski definition) is 6. The van der Waals surface area contributed by atoms with Gasteiger partial charge in [-0.3, -0.25) is 4.90 Å². The minimum atomic E-state index is -0.379. The lowest BCUT2D eigenvalue weighted by atomic mass is 10.0. The molecular weight excluding hydrogens is 453 g/mol. The number of rotatable bonds is 4. The zero-order chi connectivity index (χ0) is 22.2. The van der Waals surface area contributed by atoms with Crippen LogP contribution in [0.4, 0.5) is 0 Å². The Balaban J connectivity index is 1.40. The number of fused-ring (bicyclic) bond motifs is 2. The number of hydrogen-bond donors (Lipinski definition) is 0. The second-order valence-electron chi connectivity index (χ2n) is 7.78. The highest BCUT2D eigenvalue weighted by atomic mass is 35.5. The lowest BCUT2D eigenvalue weighted by molar-refractivity contribution is 0.0206. The molecule has 32 heavy (non-hydrogen) atoms. The minimum absolute atomic E-state index is 0.106. The third-order valence-corrected chi connectivity index (χ3v) is 6.19. The van der Waals surface area contributed by atoms with Crippen LogP contribution in [0.25, 0.3) is 11.0 Å². The largest absolute Gasteiger partial charge is 0.489 e. The van der Waals surface area contributed by atoms with E-state index in [2.05, 4.69) is 4.90 Å². The fourth-order valence-corrected chi connectivity index (χ4v) is 4.75. The minimum Gasteiger partial charge on any atom is -0.489 e. The lowest BCUT2D eigenvalue weighted by Crippen LogP contribution is -2.39. The van der Waals surface area contributed by atoms with Gasteiger partial charge in [0.1, 0.15) is 23.7 Å². The maximum Gasteiger partial charge on any atom is 0.336 e. The van der Waals surface area contributed by atoms with E-state index in [9.17, 15) is 4.79 Å². The smallest absolute Gasteiger partial charge is 0.336 e. The number of morpholine rings is 1. The summed E-state index contributed by atoms with van der Waals surface area (Å²) in [5.74, 6) is 1.97. The van der Waals surface area contributed by atoms with Gasteiger partial charge in [-0.05, 0) is 42.8 Å². The Hall–Kier alpha value is -2.51. The van der Waals surface area contributed by atoms with Crippen molar-refractivity contribution in [3.05, 3.63) is 79.8 Å². The van der Waals surface area contributed by atoms with Crippen molar-refractivity contribution in [3.63, 3.8) is 0 Å². The van der Waals surface area contributed by atoms with E-state index in [1.165, 1.54) is 6.07 Å². The first kappa shape index (κ1) is 21.3. The molecule has 3 aromatic rings. The van der Waals surface area contributed by atoms with Crippen LogP contribution in [-0.4, -0.2) is 37.8 Å². The fraction of sp³-hybridized carbons (Fsp3) is 0.292. The Morgan fingerprint density at radius 1 is 1.16 bits per heavy atom.